The fourth-order valence-corrected chi connectivity index (χ4v) is 5.98. The van der Waals surface area contributed by atoms with Gasteiger partial charge in [0, 0.05) is 6.42 Å². The lowest BCUT2D eigenvalue weighted by atomic mass is 10.0. The monoisotopic (exact) mass is 816 g/mol. The SMILES string of the molecule is C/C=C/CC/C=C/CC/C=C/CCCC(O)C(O)C(COP(=O)(O)OCC[N+](C)(C)C)NC(=O)CCCC/C=C\C/C=C\C/C=C\C/C=C\C/C=C\C/C=C\CC. The molecule has 4 N–H and O–H groups in total. The topological polar surface area (TPSA) is 125 Å². The van der Waals surface area contributed by atoms with Gasteiger partial charge in [0.15, 0.2) is 0 Å². The number of aliphatic hydroxyl groups is 2. The largest absolute Gasteiger partial charge is 0.472 e. The van der Waals surface area contributed by atoms with E-state index in [2.05, 4.69) is 122 Å². The second kappa shape index (κ2) is 37.4. The van der Waals surface area contributed by atoms with Crippen molar-refractivity contribution >= 4 is 13.7 Å². The van der Waals surface area contributed by atoms with Crippen molar-refractivity contribution in [3.8, 4) is 0 Å². The average molecular weight is 816 g/mol. The Morgan fingerprint density at radius 2 is 1.11 bits per heavy atom. The molecule has 57 heavy (non-hydrogen) atoms. The minimum atomic E-state index is -4.45. The van der Waals surface area contributed by atoms with Crippen molar-refractivity contribution in [1.29, 1.82) is 0 Å². The van der Waals surface area contributed by atoms with Gasteiger partial charge >= 0.3 is 7.82 Å². The highest BCUT2D eigenvalue weighted by Gasteiger charge is 2.31. The zero-order valence-corrected chi connectivity index (χ0v) is 37.0. The smallest absolute Gasteiger partial charge is 0.390 e. The van der Waals surface area contributed by atoms with Gasteiger partial charge in [0.1, 0.15) is 19.3 Å². The Morgan fingerprint density at radius 3 is 1.61 bits per heavy atom. The Hall–Kier alpha value is -2.88. The van der Waals surface area contributed by atoms with Gasteiger partial charge < -0.3 is 24.9 Å². The molecule has 324 valence electrons. The zero-order chi connectivity index (χ0) is 42.3. The number of nitrogens with one attached hydrogen (secondary N) is 1. The van der Waals surface area contributed by atoms with Gasteiger partial charge in [-0.3, -0.25) is 13.8 Å². The Kier molecular flexibility index (Phi) is 35.5. The summed E-state index contributed by atoms with van der Waals surface area (Å²) in [5, 5.41) is 24.5. The first kappa shape index (κ1) is 54.1. The summed E-state index contributed by atoms with van der Waals surface area (Å²) >= 11 is 0. The molecule has 9 nitrogen and oxygen atoms in total. The summed E-state index contributed by atoms with van der Waals surface area (Å²) in [6.07, 6.45) is 50.3. The fourth-order valence-electron chi connectivity index (χ4n) is 5.24. The van der Waals surface area contributed by atoms with Crippen molar-refractivity contribution in [2.24, 2.45) is 0 Å². The van der Waals surface area contributed by atoms with Crippen LogP contribution in [0.4, 0.5) is 0 Å². The molecule has 0 saturated carbocycles. The van der Waals surface area contributed by atoms with Crippen molar-refractivity contribution < 1.29 is 38.0 Å². The van der Waals surface area contributed by atoms with Crippen LogP contribution in [0.1, 0.15) is 123 Å². The van der Waals surface area contributed by atoms with E-state index in [1.165, 1.54) is 0 Å². The van der Waals surface area contributed by atoms with E-state index in [9.17, 15) is 24.5 Å². The number of carbonyl (C=O) groups is 1. The molecule has 1 amide bonds. The third-order valence-corrected chi connectivity index (χ3v) is 9.63. The molecule has 0 aliphatic heterocycles. The van der Waals surface area contributed by atoms with Gasteiger partial charge in [-0.1, -0.05) is 116 Å². The van der Waals surface area contributed by atoms with E-state index in [0.29, 0.717) is 30.3 Å². The van der Waals surface area contributed by atoms with Gasteiger partial charge in [0.05, 0.1) is 39.9 Å². The molecule has 0 aromatic heterocycles. The number of nitrogens with zero attached hydrogens (tertiary/aromatic N) is 1. The molecule has 0 saturated heterocycles. The summed E-state index contributed by atoms with van der Waals surface area (Å²) in [7, 11) is 1.35. The van der Waals surface area contributed by atoms with E-state index >= 15 is 0 Å². The number of likely N-dealkylation sites (N-methyl/N-ethyl adjacent to an activating group) is 1. The van der Waals surface area contributed by atoms with E-state index in [-0.39, 0.29) is 18.9 Å². The quantitative estimate of drug-likeness (QED) is 0.0215. The minimum Gasteiger partial charge on any atom is -0.390 e. The molecule has 0 spiro atoms. The van der Waals surface area contributed by atoms with Gasteiger partial charge in [-0.15, -0.1) is 0 Å². The van der Waals surface area contributed by atoms with Gasteiger partial charge in [0.25, 0.3) is 0 Å². The second-order valence-corrected chi connectivity index (χ2v) is 16.6. The van der Waals surface area contributed by atoms with Crippen LogP contribution in [0.2, 0.25) is 0 Å². The molecule has 0 radical (unpaired) electrons. The third-order valence-electron chi connectivity index (χ3n) is 8.65. The van der Waals surface area contributed by atoms with Gasteiger partial charge in [0.2, 0.25) is 5.91 Å². The normalized spacial score (nSPS) is 16.0. The van der Waals surface area contributed by atoms with Crippen molar-refractivity contribution in [1.82, 2.24) is 5.32 Å². The number of quaternary nitrogens is 1. The molecule has 0 bridgehead atoms. The van der Waals surface area contributed by atoms with Crippen LogP contribution in [0.15, 0.2) is 109 Å². The number of aliphatic hydroxyl groups excluding tert-OH is 2. The lowest BCUT2D eigenvalue weighted by molar-refractivity contribution is -0.870. The van der Waals surface area contributed by atoms with Crippen molar-refractivity contribution in [2.45, 2.75) is 141 Å². The predicted octanol–water partition coefficient (Wildman–Crippen LogP) is 10.7. The molecule has 0 aliphatic rings. The Labute approximate surface area is 347 Å². The summed E-state index contributed by atoms with van der Waals surface area (Å²) in [6.45, 7) is 4.17. The van der Waals surface area contributed by atoms with Crippen LogP contribution >= 0.6 is 7.82 Å². The number of unbranched alkanes of at least 4 members (excludes halogenated alkanes) is 5. The number of allylic oxidation sites excluding steroid dienone is 18. The van der Waals surface area contributed by atoms with E-state index in [4.69, 9.17) is 9.05 Å². The molecule has 0 rings (SSSR count). The first-order valence-corrected chi connectivity index (χ1v) is 22.8. The molecule has 0 heterocycles. The average Bonchev–Trinajstić information content (AvgIpc) is 3.16. The molecule has 10 heteroatoms. The van der Waals surface area contributed by atoms with Crippen LogP contribution in [-0.4, -0.2) is 84.6 Å². The van der Waals surface area contributed by atoms with Crippen molar-refractivity contribution in [3.63, 3.8) is 0 Å². The number of hydrogen-bond donors (Lipinski definition) is 4. The Bertz CT molecular complexity index is 1310. The maximum absolute atomic E-state index is 12.9. The highest BCUT2D eigenvalue weighted by Crippen LogP contribution is 2.43. The van der Waals surface area contributed by atoms with Crippen LogP contribution < -0.4 is 5.32 Å². The number of hydrogen-bond acceptors (Lipinski definition) is 6. The number of amides is 1. The molecule has 4 unspecified atom stereocenters. The Balaban J connectivity index is 4.67. The molecule has 4 atom stereocenters. The summed E-state index contributed by atoms with van der Waals surface area (Å²) in [5.41, 5.74) is 0. The van der Waals surface area contributed by atoms with Crippen LogP contribution in [0.3, 0.4) is 0 Å². The predicted molar refractivity (Wildman–Crippen MR) is 241 cm³/mol. The minimum absolute atomic E-state index is 0.00337. The van der Waals surface area contributed by atoms with E-state index in [0.717, 1.165) is 83.5 Å². The first-order valence-electron chi connectivity index (χ1n) is 21.3. The molecule has 0 aromatic rings. The number of phosphoric acid groups is 1. The summed E-state index contributed by atoms with van der Waals surface area (Å²) in [5.74, 6) is -0.324. The highest BCUT2D eigenvalue weighted by molar-refractivity contribution is 7.47. The maximum Gasteiger partial charge on any atom is 0.472 e. The number of rotatable bonds is 36. The van der Waals surface area contributed by atoms with Crippen LogP contribution in [0.25, 0.3) is 0 Å². The molecule has 0 fully saturated rings. The molecular formula is C47H80N2O7P+. The van der Waals surface area contributed by atoms with Crippen LogP contribution in [0, 0.1) is 0 Å². The standard InChI is InChI=1S/C47H79N2O7P/c1-6-8-10-12-14-16-18-20-21-22-23-24-25-26-27-28-30-32-34-36-38-40-46(51)48-44(43-56-57(53,54)55-42-41-49(3,4)5)47(52)45(50)39-37-35-33-31-29-19-17-15-13-11-9-7-2/h7-10,14-17,20-21,23-24,26-27,30-33,44-45,47,50,52H,6,11-13,18-19,22,25,28-29,34-43H2,1-5H3,(H-,48,51,53,54)/p+1/b9-7+,10-8-,16-14-,17-15+,21-20-,24-23-,27-26-,32-30-,33-31+. The maximum atomic E-state index is 12.9. The number of carbonyl (C=O) groups excluding carboxylic acids is 1. The lowest BCUT2D eigenvalue weighted by Gasteiger charge is -2.28. The zero-order valence-electron chi connectivity index (χ0n) is 36.1. The summed E-state index contributed by atoms with van der Waals surface area (Å²) in [4.78, 5) is 23.1. The van der Waals surface area contributed by atoms with Gasteiger partial charge in [-0.05, 0) is 110 Å². The fraction of sp³-hybridized carbons (Fsp3) is 0.596. The van der Waals surface area contributed by atoms with E-state index < -0.39 is 32.7 Å². The molecule has 0 aliphatic carbocycles. The molecular weight excluding hydrogens is 735 g/mol. The third kappa shape index (κ3) is 38.4. The van der Waals surface area contributed by atoms with Gasteiger partial charge in [-0.2, -0.15) is 0 Å². The highest BCUT2D eigenvalue weighted by atomic mass is 31.2. The summed E-state index contributed by atoms with van der Waals surface area (Å²) < 4.78 is 23.4. The number of phosphoric ester groups is 1. The van der Waals surface area contributed by atoms with Crippen molar-refractivity contribution in [3.05, 3.63) is 109 Å². The second-order valence-electron chi connectivity index (χ2n) is 15.1. The molecule has 0 aromatic carbocycles. The van der Waals surface area contributed by atoms with Crippen LogP contribution in [0.5, 0.6) is 0 Å². The van der Waals surface area contributed by atoms with Crippen molar-refractivity contribution in [2.75, 3.05) is 40.9 Å². The lowest BCUT2D eigenvalue weighted by Crippen LogP contribution is -2.51. The first-order chi connectivity index (χ1) is 27.4. The van der Waals surface area contributed by atoms with Gasteiger partial charge in [-0.25, -0.2) is 4.57 Å². The Morgan fingerprint density at radius 1 is 0.649 bits per heavy atom. The van der Waals surface area contributed by atoms with E-state index in [1.807, 2.05) is 28.1 Å². The summed E-state index contributed by atoms with van der Waals surface area (Å²) in [6, 6.07) is -1.09. The van der Waals surface area contributed by atoms with Crippen LogP contribution in [-0.2, 0) is 18.4 Å². The van der Waals surface area contributed by atoms with E-state index in [1.54, 1.807) is 0 Å².